The van der Waals surface area contributed by atoms with E-state index in [1.54, 1.807) is 7.05 Å². The lowest BCUT2D eigenvalue weighted by molar-refractivity contribution is 0.764. The summed E-state index contributed by atoms with van der Waals surface area (Å²) in [6.07, 6.45) is 1.41. The zero-order chi connectivity index (χ0) is 11.7. The standard InChI is InChI=1S/C7H7ClN6OS/c1-14-6(15)12-13-7(14)16-4-3(9)2-10-5(8)11-4/h2H,9H2,1H3,(H,12,15). The van der Waals surface area contributed by atoms with E-state index < -0.39 is 0 Å². The topological polar surface area (TPSA) is 102 Å². The molecule has 0 unspecified atom stereocenters. The van der Waals surface area contributed by atoms with Crippen LogP contribution in [0.15, 0.2) is 21.2 Å². The number of halogens is 1. The number of hydrogen-bond donors (Lipinski definition) is 2. The lowest BCUT2D eigenvalue weighted by Gasteiger charge is -2.02. The molecule has 2 heterocycles. The lowest BCUT2D eigenvalue weighted by atomic mass is 10.6. The third-order valence-electron chi connectivity index (χ3n) is 1.78. The van der Waals surface area contributed by atoms with Crippen LogP contribution in [0.25, 0.3) is 0 Å². The smallest absolute Gasteiger partial charge is 0.343 e. The Labute approximate surface area is 99.0 Å². The molecule has 0 fully saturated rings. The predicted molar refractivity (Wildman–Crippen MR) is 59.4 cm³/mol. The van der Waals surface area contributed by atoms with Crippen molar-refractivity contribution in [2.75, 3.05) is 5.73 Å². The summed E-state index contributed by atoms with van der Waals surface area (Å²) in [4.78, 5) is 18.8. The monoisotopic (exact) mass is 258 g/mol. The molecule has 0 saturated heterocycles. The van der Waals surface area contributed by atoms with Crippen LogP contribution in [0.5, 0.6) is 0 Å². The highest BCUT2D eigenvalue weighted by molar-refractivity contribution is 7.99. The molecular weight excluding hydrogens is 252 g/mol. The van der Waals surface area contributed by atoms with Crippen molar-refractivity contribution in [1.82, 2.24) is 24.7 Å². The molecule has 0 atom stereocenters. The summed E-state index contributed by atoms with van der Waals surface area (Å²) in [5, 5.41) is 7.13. The number of nitrogens with one attached hydrogen (secondary N) is 1. The van der Waals surface area contributed by atoms with Crippen LogP contribution in [0, 0.1) is 0 Å². The molecule has 0 bridgehead atoms. The van der Waals surface area contributed by atoms with E-state index in [-0.39, 0.29) is 11.0 Å². The van der Waals surface area contributed by atoms with Crippen molar-refractivity contribution in [2.24, 2.45) is 7.05 Å². The van der Waals surface area contributed by atoms with E-state index in [9.17, 15) is 4.79 Å². The van der Waals surface area contributed by atoms with E-state index in [2.05, 4.69) is 20.2 Å². The second-order valence-electron chi connectivity index (χ2n) is 2.87. The van der Waals surface area contributed by atoms with Crippen LogP contribution in [-0.2, 0) is 7.05 Å². The summed E-state index contributed by atoms with van der Waals surface area (Å²) in [5.74, 6) is 0. The number of anilines is 1. The molecule has 9 heteroatoms. The van der Waals surface area contributed by atoms with Gasteiger partial charge >= 0.3 is 5.69 Å². The number of rotatable bonds is 2. The van der Waals surface area contributed by atoms with Crippen LogP contribution in [0.1, 0.15) is 0 Å². The van der Waals surface area contributed by atoms with Gasteiger partial charge in [-0.3, -0.25) is 4.57 Å². The van der Waals surface area contributed by atoms with Crippen molar-refractivity contribution in [3.63, 3.8) is 0 Å². The summed E-state index contributed by atoms with van der Waals surface area (Å²) in [5.41, 5.74) is 5.74. The molecule has 3 N–H and O–H groups in total. The molecule has 0 radical (unpaired) electrons. The maximum atomic E-state index is 11.1. The Morgan fingerprint density at radius 1 is 1.62 bits per heavy atom. The summed E-state index contributed by atoms with van der Waals surface area (Å²) in [6, 6.07) is 0. The molecule has 0 aliphatic rings. The van der Waals surface area contributed by atoms with E-state index >= 15 is 0 Å². The fourth-order valence-electron chi connectivity index (χ4n) is 0.947. The van der Waals surface area contributed by atoms with Crippen molar-refractivity contribution in [1.29, 1.82) is 0 Å². The fraction of sp³-hybridized carbons (Fsp3) is 0.143. The van der Waals surface area contributed by atoms with E-state index in [4.69, 9.17) is 17.3 Å². The summed E-state index contributed by atoms with van der Waals surface area (Å²) < 4.78 is 1.35. The second-order valence-corrected chi connectivity index (χ2v) is 4.17. The van der Waals surface area contributed by atoms with Crippen molar-refractivity contribution >= 4 is 29.1 Å². The number of nitrogen functional groups attached to an aromatic ring is 1. The minimum atomic E-state index is -0.304. The minimum Gasteiger partial charge on any atom is -0.395 e. The normalized spacial score (nSPS) is 10.6. The summed E-state index contributed by atoms with van der Waals surface area (Å²) in [7, 11) is 1.59. The van der Waals surface area contributed by atoms with Gasteiger partial charge in [-0.1, -0.05) is 0 Å². The van der Waals surface area contributed by atoms with Crippen LogP contribution < -0.4 is 11.4 Å². The van der Waals surface area contributed by atoms with Crippen molar-refractivity contribution in [3.05, 3.63) is 22.0 Å². The molecule has 2 aromatic heterocycles. The van der Waals surface area contributed by atoms with Gasteiger partial charge in [0.25, 0.3) is 0 Å². The average molecular weight is 259 g/mol. The molecule has 84 valence electrons. The van der Waals surface area contributed by atoms with Crippen molar-refractivity contribution in [3.8, 4) is 0 Å². The van der Waals surface area contributed by atoms with Crippen LogP contribution in [0.4, 0.5) is 5.69 Å². The Balaban J connectivity index is 2.37. The summed E-state index contributed by atoms with van der Waals surface area (Å²) in [6.45, 7) is 0. The van der Waals surface area contributed by atoms with Gasteiger partial charge in [-0.05, 0) is 23.4 Å². The van der Waals surface area contributed by atoms with Crippen LogP contribution in [0.2, 0.25) is 5.28 Å². The average Bonchev–Trinajstić information content (AvgIpc) is 2.55. The third-order valence-corrected chi connectivity index (χ3v) is 3.03. The number of hydrogen-bond acceptors (Lipinski definition) is 6. The van der Waals surface area contributed by atoms with Gasteiger partial charge in [0, 0.05) is 7.05 Å². The number of aromatic amines is 1. The molecule has 0 amide bonds. The Hall–Kier alpha value is -1.54. The lowest BCUT2D eigenvalue weighted by Crippen LogP contribution is -2.12. The molecule has 0 aliphatic heterocycles. The molecule has 2 rings (SSSR count). The molecule has 0 aliphatic carbocycles. The first-order chi connectivity index (χ1) is 7.58. The van der Waals surface area contributed by atoms with Gasteiger partial charge in [0.05, 0.1) is 11.9 Å². The van der Waals surface area contributed by atoms with Gasteiger partial charge < -0.3 is 5.73 Å². The maximum absolute atomic E-state index is 11.1. The SMILES string of the molecule is Cn1c(Sc2nc(Cl)ncc2N)n[nH]c1=O. The van der Waals surface area contributed by atoms with Crippen LogP contribution in [0.3, 0.4) is 0 Å². The quantitative estimate of drug-likeness (QED) is 0.593. The Bertz CT molecular complexity index is 578. The van der Waals surface area contributed by atoms with Crippen molar-refractivity contribution in [2.45, 2.75) is 10.2 Å². The minimum absolute atomic E-state index is 0.0947. The number of H-pyrrole nitrogens is 1. The Morgan fingerprint density at radius 3 is 3.00 bits per heavy atom. The first kappa shape index (κ1) is 11.0. The fourth-order valence-corrected chi connectivity index (χ4v) is 1.92. The van der Waals surface area contributed by atoms with Gasteiger partial charge in [0.2, 0.25) is 5.28 Å². The maximum Gasteiger partial charge on any atom is 0.343 e. The van der Waals surface area contributed by atoms with E-state index in [1.807, 2.05) is 0 Å². The van der Waals surface area contributed by atoms with E-state index in [1.165, 1.54) is 10.8 Å². The van der Waals surface area contributed by atoms with Gasteiger partial charge in [-0.15, -0.1) is 5.10 Å². The first-order valence-electron chi connectivity index (χ1n) is 4.15. The van der Waals surface area contributed by atoms with E-state index in [0.29, 0.717) is 15.9 Å². The highest BCUT2D eigenvalue weighted by Crippen LogP contribution is 2.27. The summed E-state index contributed by atoms with van der Waals surface area (Å²) >= 11 is 6.78. The first-order valence-corrected chi connectivity index (χ1v) is 5.34. The molecule has 2 aromatic rings. The van der Waals surface area contributed by atoms with Gasteiger partial charge in [-0.2, -0.15) is 0 Å². The second kappa shape index (κ2) is 4.14. The zero-order valence-corrected chi connectivity index (χ0v) is 9.71. The number of nitrogens with zero attached hydrogens (tertiary/aromatic N) is 4. The highest BCUT2D eigenvalue weighted by atomic mass is 35.5. The number of aromatic nitrogens is 5. The predicted octanol–water partition coefficient (Wildman–Crippen LogP) is 0.285. The zero-order valence-electron chi connectivity index (χ0n) is 8.14. The van der Waals surface area contributed by atoms with E-state index in [0.717, 1.165) is 11.8 Å². The third kappa shape index (κ3) is 2.02. The molecule has 0 aromatic carbocycles. The van der Waals surface area contributed by atoms with Crippen LogP contribution in [-0.4, -0.2) is 24.7 Å². The highest BCUT2D eigenvalue weighted by Gasteiger charge is 2.10. The van der Waals surface area contributed by atoms with Gasteiger partial charge in [-0.25, -0.2) is 19.9 Å². The molecule has 0 saturated carbocycles. The van der Waals surface area contributed by atoms with Gasteiger partial charge in [0.1, 0.15) is 5.03 Å². The van der Waals surface area contributed by atoms with Crippen molar-refractivity contribution < 1.29 is 0 Å². The Kier molecular flexibility index (Phi) is 2.84. The van der Waals surface area contributed by atoms with Crippen LogP contribution >= 0.6 is 23.4 Å². The molecule has 7 nitrogen and oxygen atoms in total. The molecular formula is C7H7ClN6OS. The number of nitrogens with two attached hydrogens (primary N) is 1. The Morgan fingerprint density at radius 2 is 2.38 bits per heavy atom. The molecule has 16 heavy (non-hydrogen) atoms. The molecule has 0 spiro atoms. The van der Waals surface area contributed by atoms with Gasteiger partial charge in [0.15, 0.2) is 5.16 Å². The largest absolute Gasteiger partial charge is 0.395 e.